The van der Waals surface area contributed by atoms with Crippen LogP contribution in [-0.2, 0) is 28.7 Å². The van der Waals surface area contributed by atoms with Crippen molar-refractivity contribution in [1.29, 1.82) is 0 Å². The van der Waals surface area contributed by atoms with Gasteiger partial charge in [-0.25, -0.2) is 0 Å². The molecule has 0 spiro atoms. The zero-order valence-electron chi connectivity index (χ0n) is 20.6. The molecule has 2 amide bonds. The first-order valence-corrected chi connectivity index (χ1v) is 13.2. The molecule has 196 valence electrons. The second kappa shape index (κ2) is 9.11. The number of carbonyl (C=O) groups is 2. The van der Waals surface area contributed by atoms with Crippen molar-refractivity contribution in [3.05, 3.63) is 59.4 Å². The summed E-state index contributed by atoms with van der Waals surface area (Å²) < 4.78 is 39.7. The predicted octanol–water partition coefficient (Wildman–Crippen LogP) is 4.33. The number of fused-ring (bicyclic) bond motifs is 2. The van der Waals surface area contributed by atoms with E-state index in [1.54, 1.807) is 4.90 Å². The molecular formula is C28H31F3N4O2. The Hall–Kier alpha value is -2.94. The summed E-state index contributed by atoms with van der Waals surface area (Å²) in [5.74, 6) is 0.371. The van der Waals surface area contributed by atoms with E-state index >= 15 is 0 Å². The fourth-order valence-electron chi connectivity index (χ4n) is 7.17. The average Bonchev–Trinajstić information content (AvgIpc) is 3.56. The Labute approximate surface area is 214 Å². The lowest BCUT2D eigenvalue weighted by atomic mass is 9.78. The zero-order valence-corrected chi connectivity index (χ0v) is 20.6. The summed E-state index contributed by atoms with van der Waals surface area (Å²) in [7, 11) is 0. The van der Waals surface area contributed by atoms with E-state index in [2.05, 4.69) is 10.3 Å². The molecule has 2 aliphatic carbocycles. The van der Waals surface area contributed by atoms with Crippen LogP contribution in [0.5, 0.6) is 0 Å². The number of halogens is 3. The number of hydrogen-bond acceptors (Lipinski definition) is 4. The van der Waals surface area contributed by atoms with E-state index in [4.69, 9.17) is 0 Å². The quantitative estimate of drug-likeness (QED) is 0.663. The molecule has 4 atom stereocenters. The van der Waals surface area contributed by atoms with Crippen molar-refractivity contribution in [1.82, 2.24) is 15.2 Å². The Morgan fingerprint density at radius 1 is 1.14 bits per heavy atom. The number of amides is 2. The number of aromatic nitrogens is 1. The highest BCUT2D eigenvalue weighted by Crippen LogP contribution is 2.55. The van der Waals surface area contributed by atoms with Gasteiger partial charge in [0.2, 0.25) is 11.8 Å². The maximum absolute atomic E-state index is 14.0. The van der Waals surface area contributed by atoms with Crippen molar-refractivity contribution in [2.24, 2.45) is 11.3 Å². The summed E-state index contributed by atoms with van der Waals surface area (Å²) in [6, 6.07) is 10.6. The maximum Gasteiger partial charge on any atom is 0.417 e. The lowest BCUT2D eigenvalue weighted by Crippen LogP contribution is -2.47. The topological polar surface area (TPSA) is 65.5 Å². The van der Waals surface area contributed by atoms with Gasteiger partial charge in [0.25, 0.3) is 0 Å². The molecule has 1 saturated heterocycles. The summed E-state index contributed by atoms with van der Waals surface area (Å²) in [4.78, 5) is 34.7. The van der Waals surface area contributed by atoms with Crippen LogP contribution in [0, 0.1) is 11.3 Å². The second-order valence-corrected chi connectivity index (χ2v) is 11.0. The Morgan fingerprint density at radius 3 is 2.73 bits per heavy atom. The van der Waals surface area contributed by atoms with Gasteiger partial charge < -0.3 is 15.1 Å². The van der Waals surface area contributed by atoms with E-state index in [-0.39, 0.29) is 36.4 Å². The van der Waals surface area contributed by atoms with Gasteiger partial charge in [0.1, 0.15) is 0 Å². The summed E-state index contributed by atoms with van der Waals surface area (Å²) in [6.07, 6.45) is 1.91. The Kier molecular flexibility index (Phi) is 6.01. The Balaban J connectivity index is 1.15. The van der Waals surface area contributed by atoms with Crippen molar-refractivity contribution in [3.8, 4) is 0 Å². The largest absolute Gasteiger partial charge is 0.417 e. The maximum atomic E-state index is 14.0. The lowest BCUT2D eigenvalue weighted by Gasteiger charge is -2.37. The van der Waals surface area contributed by atoms with Crippen LogP contribution in [0.2, 0.25) is 0 Å². The molecule has 1 aromatic carbocycles. The predicted molar refractivity (Wildman–Crippen MR) is 131 cm³/mol. The number of rotatable bonds is 4. The lowest BCUT2D eigenvalue weighted by molar-refractivity contribution is -0.144. The molecule has 4 aliphatic rings. The number of nitrogens with one attached hydrogen (secondary N) is 1. The molecule has 2 saturated carbocycles. The first kappa shape index (κ1) is 24.4. The van der Waals surface area contributed by atoms with Crippen molar-refractivity contribution < 1.29 is 22.8 Å². The molecule has 3 heterocycles. The molecule has 0 radical (unpaired) electrons. The minimum absolute atomic E-state index is 0.0611. The molecule has 6 nitrogen and oxygen atoms in total. The van der Waals surface area contributed by atoms with Crippen molar-refractivity contribution in [2.45, 2.75) is 69.8 Å². The van der Waals surface area contributed by atoms with Crippen LogP contribution in [0.1, 0.15) is 55.3 Å². The van der Waals surface area contributed by atoms with Gasteiger partial charge in [-0.3, -0.25) is 14.6 Å². The minimum atomic E-state index is -4.46. The molecule has 1 aromatic heterocycles. The van der Waals surface area contributed by atoms with Crippen LogP contribution in [0.25, 0.3) is 0 Å². The number of pyridine rings is 1. The highest BCUT2D eigenvalue weighted by Gasteiger charge is 2.56. The van der Waals surface area contributed by atoms with Gasteiger partial charge in [-0.15, -0.1) is 0 Å². The van der Waals surface area contributed by atoms with Crippen LogP contribution in [0.4, 0.5) is 18.9 Å². The molecule has 1 N–H and O–H groups in total. The summed E-state index contributed by atoms with van der Waals surface area (Å²) in [5.41, 5.74) is 0.774. The van der Waals surface area contributed by atoms with Gasteiger partial charge in [-0.2, -0.15) is 13.2 Å². The SMILES string of the molecule is O=C1C(N[C@H]2C[C@H]3CCC[C@@]3(C(=O)N3CCc4ncc(C(F)(F)F)cc4C3)C2)CCN1c1ccccc1. The smallest absolute Gasteiger partial charge is 0.337 e. The third kappa shape index (κ3) is 4.31. The summed E-state index contributed by atoms with van der Waals surface area (Å²) in [6.45, 7) is 1.32. The van der Waals surface area contributed by atoms with Crippen LogP contribution in [-0.4, -0.2) is 46.9 Å². The van der Waals surface area contributed by atoms with Gasteiger partial charge >= 0.3 is 6.18 Å². The van der Waals surface area contributed by atoms with Crippen LogP contribution in [0.3, 0.4) is 0 Å². The molecule has 2 aromatic rings. The molecule has 1 unspecified atom stereocenters. The number of carbonyl (C=O) groups excluding carboxylic acids is 2. The molecule has 2 aliphatic heterocycles. The van der Waals surface area contributed by atoms with E-state index in [0.717, 1.165) is 50.1 Å². The zero-order chi connectivity index (χ0) is 25.8. The molecule has 3 fully saturated rings. The third-order valence-electron chi connectivity index (χ3n) is 8.93. The fourth-order valence-corrected chi connectivity index (χ4v) is 7.17. The van der Waals surface area contributed by atoms with Crippen LogP contribution < -0.4 is 10.2 Å². The van der Waals surface area contributed by atoms with Gasteiger partial charge in [0.15, 0.2) is 0 Å². The van der Waals surface area contributed by atoms with E-state index in [1.165, 1.54) is 0 Å². The van der Waals surface area contributed by atoms with E-state index in [1.807, 2.05) is 35.2 Å². The normalized spacial score (nSPS) is 29.5. The van der Waals surface area contributed by atoms with Gasteiger partial charge in [0.05, 0.1) is 17.0 Å². The molecule has 9 heteroatoms. The highest BCUT2D eigenvalue weighted by atomic mass is 19.4. The fraction of sp³-hybridized carbons (Fsp3) is 0.536. The van der Waals surface area contributed by atoms with Crippen LogP contribution in [0.15, 0.2) is 42.6 Å². The first-order chi connectivity index (χ1) is 17.7. The Morgan fingerprint density at radius 2 is 1.95 bits per heavy atom. The van der Waals surface area contributed by atoms with E-state index in [9.17, 15) is 22.8 Å². The van der Waals surface area contributed by atoms with Crippen molar-refractivity contribution in [2.75, 3.05) is 18.0 Å². The van der Waals surface area contributed by atoms with Gasteiger partial charge in [-0.1, -0.05) is 24.6 Å². The number of anilines is 1. The summed E-state index contributed by atoms with van der Waals surface area (Å²) >= 11 is 0. The van der Waals surface area contributed by atoms with Gasteiger partial charge in [0, 0.05) is 49.7 Å². The first-order valence-electron chi connectivity index (χ1n) is 13.2. The molecule has 37 heavy (non-hydrogen) atoms. The number of hydrogen-bond donors (Lipinski definition) is 1. The number of nitrogens with zero attached hydrogens (tertiary/aromatic N) is 3. The number of alkyl halides is 3. The molecule has 0 bridgehead atoms. The second-order valence-electron chi connectivity index (χ2n) is 11.0. The average molecular weight is 513 g/mol. The third-order valence-corrected chi connectivity index (χ3v) is 8.93. The van der Waals surface area contributed by atoms with Crippen LogP contribution >= 0.6 is 0 Å². The summed E-state index contributed by atoms with van der Waals surface area (Å²) in [5, 5.41) is 3.58. The van der Waals surface area contributed by atoms with Crippen molar-refractivity contribution >= 4 is 17.5 Å². The van der Waals surface area contributed by atoms with Crippen molar-refractivity contribution in [3.63, 3.8) is 0 Å². The minimum Gasteiger partial charge on any atom is -0.337 e. The number of para-hydroxylation sites is 1. The molecular weight excluding hydrogens is 481 g/mol. The molecule has 6 rings (SSSR count). The Bertz CT molecular complexity index is 1200. The highest BCUT2D eigenvalue weighted by molar-refractivity contribution is 5.99. The number of benzene rings is 1. The van der Waals surface area contributed by atoms with E-state index < -0.39 is 17.2 Å². The van der Waals surface area contributed by atoms with Gasteiger partial charge in [-0.05, 0) is 61.8 Å². The standard InChI is InChI=1S/C28H31F3N4O2/c29-28(30,31)20-13-18-17-34(11-8-23(18)32-16-20)26(37)27-10-4-5-19(27)14-21(15-27)33-24-9-12-35(25(24)36)22-6-2-1-3-7-22/h1-3,6-7,13,16,19,21,24,33H,4-5,8-12,14-15,17H2/t19-,21+,24?,27-/m1/s1. The van der Waals surface area contributed by atoms with E-state index in [0.29, 0.717) is 37.2 Å². The monoisotopic (exact) mass is 512 g/mol.